The Hall–Kier alpha value is -0.610. The smallest absolute Gasteiger partial charge is 0.241 e. The van der Waals surface area contributed by atoms with Gasteiger partial charge < -0.3 is 9.64 Å². The molecule has 1 amide bonds. The summed E-state index contributed by atoms with van der Waals surface area (Å²) in [4.78, 5) is 14.0. The molecule has 3 atom stereocenters. The lowest BCUT2D eigenvalue weighted by molar-refractivity contribution is -0.131. The van der Waals surface area contributed by atoms with Crippen molar-refractivity contribution in [3.05, 3.63) is 0 Å². The number of hydrogen-bond acceptors (Lipinski definition) is 3. The standard InChI is InChI=1S/C12H22N2O2/c1-3-5-11-12(15)14(9(2)13-11)8-10-6-4-7-16-10/h9-11,13H,3-8H2,1-2H3. The molecule has 0 aliphatic carbocycles. The molecule has 0 aromatic rings. The van der Waals surface area contributed by atoms with Crippen molar-refractivity contribution in [2.24, 2.45) is 0 Å². The fourth-order valence-corrected chi connectivity index (χ4v) is 2.59. The van der Waals surface area contributed by atoms with Gasteiger partial charge in [-0.1, -0.05) is 13.3 Å². The third-order valence-corrected chi connectivity index (χ3v) is 3.49. The highest BCUT2D eigenvalue weighted by Crippen LogP contribution is 2.19. The second kappa shape index (κ2) is 5.15. The molecule has 3 unspecified atom stereocenters. The molecule has 2 aliphatic rings. The number of ether oxygens (including phenoxy) is 1. The molecule has 2 saturated heterocycles. The Morgan fingerprint density at radius 3 is 3.00 bits per heavy atom. The molecule has 2 heterocycles. The predicted octanol–water partition coefficient (Wildman–Crippen LogP) is 1.11. The van der Waals surface area contributed by atoms with Crippen LogP contribution in [0.5, 0.6) is 0 Å². The molecule has 0 spiro atoms. The molecule has 2 fully saturated rings. The Kier molecular flexibility index (Phi) is 3.82. The van der Waals surface area contributed by atoms with E-state index in [1.54, 1.807) is 0 Å². The van der Waals surface area contributed by atoms with E-state index >= 15 is 0 Å². The minimum absolute atomic E-state index is 0.0291. The van der Waals surface area contributed by atoms with Crippen molar-refractivity contribution in [2.75, 3.05) is 13.2 Å². The molecular formula is C12H22N2O2. The van der Waals surface area contributed by atoms with Crippen LogP contribution in [0.4, 0.5) is 0 Å². The van der Waals surface area contributed by atoms with E-state index in [9.17, 15) is 4.79 Å². The van der Waals surface area contributed by atoms with Crippen LogP contribution < -0.4 is 5.32 Å². The first-order valence-corrected chi connectivity index (χ1v) is 6.40. The van der Waals surface area contributed by atoms with Gasteiger partial charge in [0.1, 0.15) is 0 Å². The lowest BCUT2D eigenvalue weighted by atomic mass is 10.1. The van der Waals surface area contributed by atoms with E-state index in [4.69, 9.17) is 4.74 Å². The van der Waals surface area contributed by atoms with Crippen molar-refractivity contribution in [2.45, 2.75) is 57.8 Å². The van der Waals surface area contributed by atoms with E-state index < -0.39 is 0 Å². The first kappa shape index (κ1) is 11.9. The number of nitrogens with zero attached hydrogens (tertiary/aromatic N) is 1. The molecule has 4 nitrogen and oxygen atoms in total. The van der Waals surface area contributed by atoms with Crippen molar-refractivity contribution >= 4 is 5.91 Å². The normalized spacial score (nSPS) is 35.0. The zero-order chi connectivity index (χ0) is 11.5. The van der Waals surface area contributed by atoms with E-state index in [2.05, 4.69) is 19.2 Å². The minimum atomic E-state index is 0.0291. The topological polar surface area (TPSA) is 41.6 Å². The van der Waals surface area contributed by atoms with Crippen molar-refractivity contribution in [3.8, 4) is 0 Å². The molecule has 0 aromatic carbocycles. The highest BCUT2D eigenvalue weighted by atomic mass is 16.5. The number of amides is 1. The number of nitrogens with one attached hydrogen (secondary N) is 1. The summed E-state index contributed by atoms with van der Waals surface area (Å²) >= 11 is 0. The molecule has 0 bridgehead atoms. The van der Waals surface area contributed by atoms with E-state index in [0.29, 0.717) is 0 Å². The van der Waals surface area contributed by atoms with E-state index in [-0.39, 0.29) is 24.2 Å². The summed E-state index contributed by atoms with van der Waals surface area (Å²) in [5.74, 6) is 0.254. The Morgan fingerprint density at radius 1 is 1.56 bits per heavy atom. The zero-order valence-corrected chi connectivity index (χ0v) is 10.2. The van der Waals surface area contributed by atoms with Gasteiger partial charge in [0.15, 0.2) is 0 Å². The predicted molar refractivity (Wildman–Crippen MR) is 62.0 cm³/mol. The Bertz CT molecular complexity index is 251. The summed E-state index contributed by atoms with van der Waals surface area (Å²) < 4.78 is 5.59. The minimum Gasteiger partial charge on any atom is -0.376 e. The maximum absolute atomic E-state index is 12.1. The molecule has 0 saturated carbocycles. The third kappa shape index (κ3) is 2.38. The van der Waals surface area contributed by atoms with Gasteiger partial charge in [-0.2, -0.15) is 0 Å². The van der Waals surface area contributed by atoms with E-state index in [0.717, 1.165) is 38.8 Å². The summed E-state index contributed by atoms with van der Waals surface area (Å²) in [6, 6.07) is 0.0291. The van der Waals surface area contributed by atoms with Crippen molar-refractivity contribution in [1.82, 2.24) is 10.2 Å². The van der Waals surface area contributed by atoms with Crippen LogP contribution in [0.1, 0.15) is 39.5 Å². The first-order chi connectivity index (χ1) is 7.72. The van der Waals surface area contributed by atoms with Gasteiger partial charge in [0.25, 0.3) is 0 Å². The van der Waals surface area contributed by atoms with Crippen LogP contribution in [0.25, 0.3) is 0 Å². The van der Waals surface area contributed by atoms with Gasteiger partial charge in [-0.3, -0.25) is 10.1 Å². The van der Waals surface area contributed by atoms with Crippen molar-refractivity contribution in [1.29, 1.82) is 0 Å². The number of hydrogen-bond donors (Lipinski definition) is 1. The van der Waals surface area contributed by atoms with Crippen LogP contribution in [0, 0.1) is 0 Å². The number of rotatable bonds is 4. The SMILES string of the molecule is CCCC1NC(C)N(CC2CCCO2)C1=O. The van der Waals surface area contributed by atoms with Gasteiger partial charge in [-0.15, -0.1) is 0 Å². The van der Waals surface area contributed by atoms with Crippen LogP contribution in [-0.4, -0.2) is 42.3 Å². The molecule has 16 heavy (non-hydrogen) atoms. The van der Waals surface area contributed by atoms with E-state index in [1.807, 2.05) is 4.90 Å². The van der Waals surface area contributed by atoms with Crippen molar-refractivity contribution in [3.63, 3.8) is 0 Å². The summed E-state index contributed by atoms with van der Waals surface area (Å²) in [6.07, 6.45) is 4.62. The molecule has 2 aliphatic heterocycles. The maximum atomic E-state index is 12.1. The van der Waals surface area contributed by atoms with E-state index in [1.165, 1.54) is 0 Å². The van der Waals surface area contributed by atoms with Crippen LogP contribution in [-0.2, 0) is 9.53 Å². The van der Waals surface area contributed by atoms with Gasteiger partial charge in [0.2, 0.25) is 5.91 Å². The molecule has 0 radical (unpaired) electrons. The second-order valence-electron chi connectivity index (χ2n) is 4.81. The molecule has 1 N–H and O–H groups in total. The largest absolute Gasteiger partial charge is 0.376 e. The van der Waals surface area contributed by atoms with Gasteiger partial charge in [-0.05, 0) is 26.2 Å². The van der Waals surface area contributed by atoms with Crippen LogP contribution in [0.2, 0.25) is 0 Å². The summed E-state index contributed by atoms with van der Waals surface area (Å²) in [5, 5.41) is 3.35. The number of carbonyl (C=O) groups is 1. The van der Waals surface area contributed by atoms with Crippen LogP contribution in [0.3, 0.4) is 0 Å². The summed E-state index contributed by atoms with van der Waals surface area (Å²) in [5.41, 5.74) is 0. The molecule has 0 aromatic heterocycles. The van der Waals surface area contributed by atoms with Crippen molar-refractivity contribution < 1.29 is 9.53 Å². The first-order valence-electron chi connectivity index (χ1n) is 6.40. The zero-order valence-electron chi connectivity index (χ0n) is 10.2. The fourth-order valence-electron chi connectivity index (χ4n) is 2.59. The Morgan fingerprint density at radius 2 is 2.38 bits per heavy atom. The summed E-state index contributed by atoms with van der Waals surface area (Å²) in [6.45, 7) is 5.78. The van der Waals surface area contributed by atoms with Crippen LogP contribution in [0.15, 0.2) is 0 Å². The maximum Gasteiger partial charge on any atom is 0.241 e. The lowest BCUT2D eigenvalue weighted by Crippen LogP contribution is -2.40. The quantitative estimate of drug-likeness (QED) is 0.781. The Balaban J connectivity index is 1.90. The highest BCUT2D eigenvalue weighted by molar-refractivity contribution is 5.84. The number of carbonyl (C=O) groups excluding carboxylic acids is 1. The fraction of sp³-hybridized carbons (Fsp3) is 0.917. The molecule has 2 rings (SSSR count). The average molecular weight is 226 g/mol. The molecule has 92 valence electrons. The van der Waals surface area contributed by atoms with Gasteiger partial charge >= 0.3 is 0 Å². The lowest BCUT2D eigenvalue weighted by Gasteiger charge is -2.23. The van der Waals surface area contributed by atoms with Crippen LogP contribution >= 0.6 is 0 Å². The van der Waals surface area contributed by atoms with Gasteiger partial charge in [-0.25, -0.2) is 0 Å². The monoisotopic (exact) mass is 226 g/mol. The third-order valence-electron chi connectivity index (χ3n) is 3.49. The summed E-state index contributed by atoms with van der Waals surface area (Å²) in [7, 11) is 0. The Labute approximate surface area is 97.3 Å². The van der Waals surface area contributed by atoms with Gasteiger partial charge in [0.05, 0.1) is 18.3 Å². The average Bonchev–Trinajstić information content (AvgIpc) is 2.84. The molecule has 4 heteroatoms. The molecular weight excluding hydrogens is 204 g/mol. The highest BCUT2D eigenvalue weighted by Gasteiger charge is 2.37. The second-order valence-corrected chi connectivity index (χ2v) is 4.81. The van der Waals surface area contributed by atoms with Gasteiger partial charge in [0, 0.05) is 13.2 Å².